The fourth-order valence-corrected chi connectivity index (χ4v) is 13.2. The molecule has 0 heterocycles. The van der Waals surface area contributed by atoms with E-state index >= 15 is 0 Å². The Hall–Kier alpha value is -8.52. The molecule has 1 heteroatoms. The molecule has 0 radical (unpaired) electrons. The highest BCUT2D eigenvalue weighted by Crippen LogP contribution is 2.58. The minimum atomic E-state index is -0.391. The second-order valence-corrected chi connectivity index (χ2v) is 23.9. The average Bonchev–Trinajstić information content (AvgIpc) is 4.08. The van der Waals surface area contributed by atoms with Crippen molar-refractivity contribution in [3.63, 3.8) is 0 Å². The Labute approximate surface area is 456 Å². The molecule has 13 rings (SSSR count). The van der Waals surface area contributed by atoms with Crippen LogP contribution in [0.2, 0.25) is 0 Å². The van der Waals surface area contributed by atoms with Crippen molar-refractivity contribution >= 4 is 27.8 Å². The highest BCUT2D eigenvalue weighted by Gasteiger charge is 2.43. The molecule has 0 amide bonds. The molecular formula is C76H65N. The lowest BCUT2D eigenvalue weighted by atomic mass is 9.74. The van der Waals surface area contributed by atoms with Gasteiger partial charge in [-0.3, -0.25) is 0 Å². The van der Waals surface area contributed by atoms with Crippen LogP contribution in [-0.2, 0) is 21.7 Å². The Balaban J connectivity index is 1.09. The van der Waals surface area contributed by atoms with Crippen molar-refractivity contribution in [3.05, 3.63) is 293 Å². The molecule has 77 heavy (non-hydrogen) atoms. The zero-order valence-corrected chi connectivity index (χ0v) is 45.6. The van der Waals surface area contributed by atoms with Crippen LogP contribution >= 0.6 is 0 Å². The fraction of sp³-hybridized carbons (Fsp3) is 0.158. The summed E-state index contributed by atoms with van der Waals surface area (Å²) < 4.78 is 0. The lowest BCUT2D eigenvalue weighted by Crippen LogP contribution is -2.23. The number of para-hydroxylation sites is 2. The number of fused-ring (bicyclic) bond motifs is 7. The highest BCUT2D eigenvalue weighted by atomic mass is 15.1. The third kappa shape index (κ3) is 7.65. The molecule has 11 aromatic rings. The van der Waals surface area contributed by atoms with E-state index in [-0.39, 0.29) is 16.2 Å². The van der Waals surface area contributed by atoms with Gasteiger partial charge in [-0.15, -0.1) is 0 Å². The molecule has 2 atom stereocenters. The Morgan fingerprint density at radius 3 is 1.34 bits per heavy atom. The Morgan fingerprint density at radius 2 is 0.740 bits per heavy atom. The van der Waals surface area contributed by atoms with Gasteiger partial charge in [0.1, 0.15) is 0 Å². The van der Waals surface area contributed by atoms with Crippen LogP contribution in [0.3, 0.4) is 0 Å². The topological polar surface area (TPSA) is 3.24 Å². The molecule has 0 N–H and O–H groups in total. The maximum Gasteiger partial charge on any atom is 0.0540 e. The van der Waals surface area contributed by atoms with E-state index in [0.29, 0.717) is 0 Å². The van der Waals surface area contributed by atoms with Gasteiger partial charge in [0.05, 0.1) is 11.4 Å². The zero-order chi connectivity index (χ0) is 52.8. The smallest absolute Gasteiger partial charge is 0.0540 e. The summed E-state index contributed by atoms with van der Waals surface area (Å²) in [5.74, 6) is 0. The summed E-state index contributed by atoms with van der Waals surface area (Å²) >= 11 is 0. The van der Waals surface area contributed by atoms with E-state index in [1.165, 1.54) is 111 Å². The van der Waals surface area contributed by atoms with Gasteiger partial charge in [-0.1, -0.05) is 266 Å². The minimum Gasteiger partial charge on any atom is -0.309 e. The second-order valence-electron chi connectivity index (χ2n) is 23.9. The lowest BCUT2D eigenvalue weighted by Gasteiger charge is -2.33. The molecule has 0 saturated carbocycles. The number of hydrogen-bond acceptors (Lipinski definition) is 1. The molecule has 0 bridgehead atoms. The van der Waals surface area contributed by atoms with Crippen LogP contribution < -0.4 is 4.90 Å². The van der Waals surface area contributed by atoms with E-state index in [1.807, 2.05) is 0 Å². The quantitative estimate of drug-likeness (QED) is 0.147. The summed E-state index contributed by atoms with van der Waals surface area (Å²) in [6, 6.07) is 93.9. The predicted octanol–water partition coefficient (Wildman–Crippen LogP) is 20.6. The van der Waals surface area contributed by atoms with Crippen LogP contribution in [0.15, 0.2) is 249 Å². The molecule has 11 aromatic carbocycles. The standard InChI is InChI=1S/C76H65N/c1-73(2,3)54-46-51(47-55(48-54)74(4,5)6)57-36-23-26-50-27-24-37-62(71(50)57)60-33-17-21-42-69(60)77(56-44-45-59-58-32-15-19-39-65(58)76(8,68(59)49-56)53-30-13-10-14-31-53)70-43-22-18-34-61(70)63-38-25-41-67-72(63)64-35-16-20-40-66(64)75(67,7)52-28-11-9-12-29-52/h9-49H,1-8H3. The van der Waals surface area contributed by atoms with Gasteiger partial charge in [0.2, 0.25) is 0 Å². The van der Waals surface area contributed by atoms with Crippen molar-refractivity contribution in [2.24, 2.45) is 0 Å². The van der Waals surface area contributed by atoms with Crippen molar-refractivity contribution in [1.29, 1.82) is 0 Å². The zero-order valence-electron chi connectivity index (χ0n) is 45.6. The molecule has 0 fully saturated rings. The molecule has 0 aliphatic heterocycles. The maximum absolute atomic E-state index is 2.58. The van der Waals surface area contributed by atoms with Crippen LogP contribution in [-0.4, -0.2) is 0 Å². The average molecular weight is 992 g/mol. The van der Waals surface area contributed by atoms with E-state index < -0.39 is 5.41 Å². The number of hydrogen-bond donors (Lipinski definition) is 0. The van der Waals surface area contributed by atoms with Gasteiger partial charge >= 0.3 is 0 Å². The molecule has 2 aliphatic carbocycles. The van der Waals surface area contributed by atoms with Crippen LogP contribution in [0.25, 0.3) is 66.4 Å². The number of nitrogens with zero attached hydrogens (tertiary/aromatic N) is 1. The third-order valence-electron chi connectivity index (χ3n) is 17.3. The molecular weight excluding hydrogens is 927 g/mol. The highest BCUT2D eigenvalue weighted by molar-refractivity contribution is 6.10. The summed E-state index contributed by atoms with van der Waals surface area (Å²) in [7, 11) is 0. The second kappa shape index (κ2) is 18.1. The van der Waals surface area contributed by atoms with Gasteiger partial charge in [-0.25, -0.2) is 0 Å². The van der Waals surface area contributed by atoms with Crippen molar-refractivity contribution < 1.29 is 0 Å². The van der Waals surface area contributed by atoms with E-state index in [0.717, 1.165) is 17.1 Å². The van der Waals surface area contributed by atoms with Gasteiger partial charge in [0, 0.05) is 27.6 Å². The van der Waals surface area contributed by atoms with E-state index in [1.54, 1.807) is 0 Å². The molecule has 374 valence electrons. The monoisotopic (exact) mass is 992 g/mol. The minimum absolute atomic E-state index is 0.0289. The van der Waals surface area contributed by atoms with E-state index in [2.05, 4.69) is 309 Å². The van der Waals surface area contributed by atoms with Crippen LogP contribution in [0.5, 0.6) is 0 Å². The first kappa shape index (κ1) is 48.1. The normalized spacial score (nSPS) is 16.4. The first-order valence-electron chi connectivity index (χ1n) is 27.5. The number of anilines is 3. The van der Waals surface area contributed by atoms with Crippen molar-refractivity contribution in [1.82, 2.24) is 0 Å². The maximum atomic E-state index is 2.58. The predicted molar refractivity (Wildman–Crippen MR) is 327 cm³/mol. The largest absolute Gasteiger partial charge is 0.309 e. The summed E-state index contributed by atoms with van der Waals surface area (Å²) in [6.45, 7) is 18.8. The molecule has 2 unspecified atom stereocenters. The van der Waals surface area contributed by atoms with Crippen LogP contribution in [0, 0.1) is 0 Å². The Bertz CT molecular complexity index is 4050. The lowest BCUT2D eigenvalue weighted by molar-refractivity contribution is 0.569. The van der Waals surface area contributed by atoms with Gasteiger partial charge in [-0.2, -0.15) is 0 Å². The van der Waals surface area contributed by atoms with Gasteiger partial charge < -0.3 is 4.90 Å². The summed E-state index contributed by atoms with van der Waals surface area (Å²) in [5.41, 5.74) is 25.5. The summed E-state index contributed by atoms with van der Waals surface area (Å²) in [6.07, 6.45) is 0. The summed E-state index contributed by atoms with van der Waals surface area (Å²) in [5, 5.41) is 2.47. The first-order valence-corrected chi connectivity index (χ1v) is 27.5. The van der Waals surface area contributed by atoms with E-state index in [9.17, 15) is 0 Å². The number of rotatable bonds is 8. The van der Waals surface area contributed by atoms with Crippen LogP contribution in [0.4, 0.5) is 17.1 Å². The molecule has 2 aliphatic rings. The third-order valence-corrected chi connectivity index (χ3v) is 17.3. The van der Waals surface area contributed by atoms with Crippen molar-refractivity contribution in [2.75, 3.05) is 4.90 Å². The van der Waals surface area contributed by atoms with Crippen molar-refractivity contribution in [2.45, 2.75) is 77.0 Å². The van der Waals surface area contributed by atoms with Gasteiger partial charge in [-0.05, 0) is 149 Å². The van der Waals surface area contributed by atoms with Crippen LogP contribution in [0.1, 0.15) is 99.9 Å². The molecule has 0 aromatic heterocycles. The Morgan fingerprint density at radius 1 is 0.312 bits per heavy atom. The van der Waals surface area contributed by atoms with Crippen molar-refractivity contribution in [3.8, 4) is 55.6 Å². The summed E-state index contributed by atoms with van der Waals surface area (Å²) in [4.78, 5) is 2.58. The SMILES string of the molecule is CC(C)(C)c1cc(-c2cccc3cccc(-c4ccccc4N(c4ccc5c(c4)C(C)(c4ccccc4)c4ccccc4-5)c4ccccc4-c4cccc5c4-c4ccccc4C5(C)c4ccccc4)c23)cc(C(C)(C)C)c1. The number of benzene rings is 11. The molecule has 1 nitrogen and oxygen atoms in total. The fourth-order valence-electron chi connectivity index (χ4n) is 13.2. The first-order chi connectivity index (χ1) is 37.2. The van der Waals surface area contributed by atoms with Gasteiger partial charge in [0.25, 0.3) is 0 Å². The Kier molecular flexibility index (Phi) is 11.3. The molecule has 0 saturated heterocycles. The molecule has 0 spiro atoms. The van der Waals surface area contributed by atoms with E-state index in [4.69, 9.17) is 0 Å². The van der Waals surface area contributed by atoms with Gasteiger partial charge in [0.15, 0.2) is 0 Å².